The Bertz CT molecular complexity index is 1150. The van der Waals surface area contributed by atoms with E-state index < -0.39 is 11.2 Å². The van der Waals surface area contributed by atoms with Gasteiger partial charge in [-0.25, -0.2) is 5.01 Å². The van der Waals surface area contributed by atoms with E-state index in [0.29, 0.717) is 17.9 Å². The highest BCUT2D eigenvalue weighted by Crippen LogP contribution is 2.50. The van der Waals surface area contributed by atoms with Crippen molar-refractivity contribution < 1.29 is 18.8 Å². The van der Waals surface area contributed by atoms with Gasteiger partial charge in [-0.1, -0.05) is 12.1 Å². The highest BCUT2D eigenvalue weighted by atomic mass is 16.6. The lowest BCUT2D eigenvalue weighted by molar-refractivity contribution is -0.384. The number of hydrogen-bond acceptors (Lipinski definition) is 7. The number of non-ortho nitro benzene ring substituents is 1. The monoisotopic (exact) mass is 405 g/mol. The topological polar surface area (TPSA) is 90.3 Å². The summed E-state index contributed by atoms with van der Waals surface area (Å²) in [6.45, 7) is 1.90. The summed E-state index contributed by atoms with van der Waals surface area (Å²) in [4.78, 5) is 10.6. The van der Waals surface area contributed by atoms with Gasteiger partial charge < -0.3 is 13.9 Å². The van der Waals surface area contributed by atoms with Crippen molar-refractivity contribution in [3.05, 3.63) is 87.4 Å². The van der Waals surface area contributed by atoms with Crippen molar-refractivity contribution in [2.45, 2.75) is 25.6 Å². The van der Waals surface area contributed by atoms with E-state index in [4.69, 9.17) is 19.0 Å². The van der Waals surface area contributed by atoms with Crippen LogP contribution in [-0.2, 0) is 0 Å². The molecule has 0 aliphatic carbocycles. The first kappa shape index (κ1) is 18.2. The van der Waals surface area contributed by atoms with Crippen molar-refractivity contribution in [3.63, 3.8) is 0 Å². The van der Waals surface area contributed by atoms with Gasteiger partial charge in [0.05, 0.1) is 18.1 Å². The van der Waals surface area contributed by atoms with Crippen LogP contribution in [0.25, 0.3) is 0 Å². The summed E-state index contributed by atoms with van der Waals surface area (Å²) >= 11 is 0. The predicted molar refractivity (Wildman–Crippen MR) is 109 cm³/mol. The Balaban J connectivity index is 1.60. The van der Waals surface area contributed by atoms with Crippen molar-refractivity contribution >= 4 is 11.4 Å². The molecule has 8 heteroatoms. The summed E-state index contributed by atoms with van der Waals surface area (Å²) in [7, 11) is 1.61. The third kappa shape index (κ3) is 2.88. The lowest BCUT2D eigenvalue weighted by atomic mass is 9.97. The van der Waals surface area contributed by atoms with Crippen LogP contribution in [0.4, 0.5) is 5.69 Å². The molecule has 0 unspecified atom stereocenters. The van der Waals surface area contributed by atoms with E-state index in [1.807, 2.05) is 42.3 Å². The zero-order valence-corrected chi connectivity index (χ0v) is 16.4. The molecule has 0 N–H and O–H groups in total. The van der Waals surface area contributed by atoms with Crippen LogP contribution in [0, 0.1) is 17.0 Å². The van der Waals surface area contributed by atoms with Crippen molar-refractivity contribution in [2.24, 2.45) is 5.10 Å². The first-order valence-corrected chi connectivity index (χ1v) is 9.55. The van der Waals surface area contributed by atoms with Crippen LogP contribution in [0.5, 0.6) is 11.5 Å². The number of nitro groups is 1. The van der Waals surface area contributed by atoms with Gasteiger partial charge in [0.1, 0.15) is 17.2 Å². The number of furan rings is 1. The SMILES string of the molecule is COc1cccc2c1O[C@H](c1ccc([N+](=O)[O-])cc1)N1N=C(c3ccc(C)o3)C[C@H]21. The Morgan fingerprint density at radius 2 is 1.97 bits per heavy atom. The molecule has 1 aromatic heterocycles. The number of rotatable bonds is 4. The van der Waals surface area contributed by atoms with Crippen molar-refractivity contribution in [3.8, 4) is 11.5 Å². The average molecular weight is 405 g/mol. The molecule has 2 atom stereocenters. The summed E-state index contributed by atoms with van der Waals surface area (Å²) < 4.78 is 17.7. The number of hydrazone groups is 1. The van der Waals surface area contributed by atoms with Gasteiger partial charge in [0.15, 0.2) is 11.5 Å². The van der Waals surface area contributed by atoms with Crippen LogP contribution >= 0.6 is 0 Å². The quantitative estimate of drug-likeness (QED) is 0.460. The van der Waals surface area contributed by atoms with Crippen molar-refractivity contribution in [1.29, 1.82) is 0 Å². The van der Waals surface area contributed by atoms with Crippen LogP contribution in [0.2, 0.25) is 0 Å². The summed E-state index contributed by atoms with van der Waals surface area (Å²) in [5, 5.41) is 17.8. The van der Waals surface area contributed by atoms with Gasteiger partial charge >= 0.3 is 0 Å². The van der Waals surface area contributed by atoms with Crippen LogP contribution in [0.3, 0.4) is 0 Å². The van der Waals surface area contributed by atoms with Gasteiger partial charge in [-0.2, -0.15) is 5.10 Å². The molecule has 0 saturated heterocycles. The van der Waals surface area contributed by atoms with Gasteiger partial charge in [-0.3, -0.25) is 10.1 Å². The first-order valence-electron chi connectivity index (χ1n) is 9.55. The first-order chi connectivity index (χ1) is 14.5. The fourth-order valence-corrected chi connectivity index (χ4v) is 3.96. The minimum absolute atomic E-state index is 0.0285. The van der Waals surface area contributed by atoms with E-state index in [1.165, 1.54) is 12.1 Å². The number of ether oxygens (including phenoxy) is 2. The lowest BCUT2D eigenvalue weighted by Gasteiger charge is -2.38. The molecule has 152 valence electrons. The number of nitro benzene ring substituents is 1. The summed E-state index contributed by atoms with van der Waals surface area (Å²) in [5.41, 5.74) is 2.61. The number of methoxy groups -OCH3 is 1. The standard InChI is InChI=1S/C22H19N3O5/c1-13-6-11-19(29-13)17-12-18-16-4-3-5-20(28-2)21(16)30-22(24(18)23-17)14-7-9-15(10-8-14)25(26)27/h3-11,18,22H,12H2,1-2H3/t18-,22-/m1/s1. The highest BCUT2D eigenvalue weighted by molar-refractivity contribution is 5.99. The molecule has 0 saturated carbocycles. The Labute approximate surface area is 172 Å². The third-order valence-electron chi connectivity index (χ3n) is 5.41. The van der Waals surface area contributed by atoms with Crippen LogP contribution in [0.15, 0.2) is 64.1 Å². The highest BCUT2D eigenvalue weighted by Gasteiger charge is 2.42. The van der Waals surface area contributed by atoms with Gasteiger partial charge in [0, 0.05) is 29.7 Å². The van der Waals surface area contributed by atoms with E-state index in [1.54, 1.807) is 19.2 Å². The molecule has 0 amide bonds. The zero-order valence-electron chi connectivity index (χ0n) is 16.4. The molecule has 2 aromatic carbocycles. The Kier molecular flexibility index (Phi) is 4.20. The molecule has 5 rings (SSSR count). The summed E-state index contributed by atoms with van der Waals surface area (Å²) in [6, 6.07) is 15.9. The molecule has 8 nitrogen and oxygen atoms in total. The fourth-order valence-electron chi connectivity index (χ4n) is 3.96. The Hall–Kier alpha value is -3.81. The number of para-hydroxylation sites is 1. The molecule has 0 radical (unpaired) electrons. The number of aryl methyl sites for hydroxylation is 1. The Morgan fingerprint density at radius 1 is 1.17 bits per heavy atom. The molecule has 2 aliphatic rings. The molecule has 0 spiro atoms. The minimum Gasteiger partial charge on any atom is -0.493 e. The van der Waals surface area contributed by atoms with E-state index in [-0.39, 0.29) is 11.7 Å². The number of benzene rings is 2. The maximum absolute atomic E-state index is 11.0. The number of fused-ring (bicyclic) bond motifs is 3. The van der Waals surface area contributed by atoms with Crippen LogP contribution in [0.1, 0.15) is 41.3 Å². The molecular formula is C22H19N3O5. The Morgan fingerprint density at radius 3 is 2.63 bits per heavy atom. The molecule has 3 heterocycles. The van der Waals surface area contributed by atoms with E-state index >= 15 is 0 Å². The third-order valence-corrected chi connectivity index (χ3v) is 5.41. The maximum atomic E-state index is 11.0. The molecule has 3 aromatic rings. The molecule has 0 fully saturated rings. The molecule has 2 aliphatic heterocycles. The second-order valence-electron chi connectivity index (χ2n) is 7.25. The normalized spacial score (nSPS) is 19.5. The van der Waals surface area contributed by atoms with E-state index in [9.17, 15) is 10.1 Å². The van der Waals surface area contributed by atoms with Gasteiger partial charge in [-0.05, 0) is 37.3 Å². The largest absolute Gasteiger partial charge is 0.493 e. The molecule has 0 bridgehead atoms. The molecular weight excluding hydrogens is 386 g/mol. The predicted octanol–water partition coefficient (Wildman–Crippen LogP) is 4.75. The van der Waals surface area contributed by atoms with E-state index in [2.05, 4.69) is 0 Å². The lowest BCUT2D eigenvalue weighted by Crippen LogP contribution is -2.33. The number of hydrogen-bond donors (Lipinski definition) is 0. The second-order valence-corrected chi connectivity index (χ2v) is 7.25. The van der Waals surface area contributed by atoms with Gasteiger partial charge in [0.2, 0.25) is 6.23 Å². The van der Waals surface area contributed by atoms with Crippen molar-refractivity contribution in [1.82, 2.24) is 5.01 Å². The summed E-state index contributed by atoms with van der Waals surface area (Å²) in [6.07, 6.45) is 0.105. The van der Waals surface area contributed by atoms with Crippen molar-refractivity contribution in [2.75, 3.05) is 7.11 Å². The smallest absolute Gasteiger partial charge is 0.269 e. The van der Waals surface area contributed by atoms with E-state index in [0.717, 1.165) is 28.4 Å². The van der Waals surface area contributed by atoms with Crippen LogP contribution in [-0.4, -0.2) is 22.8 Å². The van der Waals surface area contributed by atoms with Crippen LogP contribution < -0.4 is 9.47 Å². The second kappa shape index (κ2) is 6.91. The number of nitrogens with zero attached hydrogens (tertiary/aromatic N) is 3. The fraction of sp³-hybridized carbons (Fsp3) is 0.227. The summed E-state index contributed by atoms with van der Waals surface area (Å²) in [5.74, 6) is 2.86. The zero-order chi connectivity index (χ0) is 20.8. The maximum Gasteiger partial charge on any atom is 0.269 e. The average Bonchev–Trinajstić information content (AvgIpc) is 3.39. The minimum atomic E-state index is -0.548. The van der Waals surface area contributed by atoms with Gasteiger partial charge in [0.25, 0.3) is 5.69 Å². The molecule has 30 heavy (non-hydrogen) atoms. The van der Waals surface area contributed by atoms with Gasteiger partial charge in [-0.15, -0.1) is 0 Å².